The third kappa shape index (κ3) is 2.94. The minimum atomic E-state index is -0.267. The van der Waals surface area contributed by atoms with Crippen molar-refractivity contribution < 1.29 is 9.18 Å². The fraction of sp³-hybridized carbons (Fsp3) is 0.350. The SMILES string of the molecule is CC#CC(=O)N[C@H]1CCC=C(c2c(F)ccc3[nH]c(C)c(C)c23)C1. The van der Waals surface area contributed by atoms with E-state index >= 15 is 0 Å². The van der Waals surface area contributed by atoms with E-state index < -0.39 is 0 Å². The molecule has 0 fully saturated rings. The predicted octanol–water partition coefficient (Wildman–Crippen LogP) is 4.00. The van der Waals surface area contributed by atoms with Crippen molar-refractivity contribution in [1.82, 2.24) is 10.3 Å². The summed E-state index contributed by atoms with van der Waals surface area (Å²) in [5.74, 6) is 4.63. The van der Waals surface area contributed by atoms with Gasteiger partial charge in [-0.3, -0.25) is 4.79 Å². The number of benzene rings is 1. The highest BCUT2D eigenvalue weighted by Gasteiger charge is 2.23. The lowest BCUT2D eigenvalue weighted by molar-refractivity contribution is -0.116. The number of hydrogen-bond donors (Lipinski definition) is 2. The van der Waals surface area contributed by atoms with Gasteiger partial charge in [0.2, 0.25) is 0 Å². The second-order valence-corrected chi connectivity index (χ2v) is 6.28. The number of allylic oxidation sites excluding steroid dienone is 1. The topological polar surface area (TPSA) is 44.9 Å². The summed E-state index contributed by atoms with van der Waals surface area (Å²) in [4.78, 5) is 15.0. The van der Waals surface area contributed by atoms with E-state index in [2.05, 4.69) is 28.2 Å². The number of H-pyrrole nitrogens is 1. The van der Waals surface area contributed by atoms with Crippen LogP contribution in [0.5, 0.6) is 0 Å². The molecule has 0 bridgehead atoms. The lowest BCUT2D eigenvalue weighted by Crippen LogP contribution is -2.35. The first-order valence-electron chi connectivity index (χ1n) is 8.21. The number of halogens is 1. The van der Waals surface area contributed by atoms with E-state index in [-0.39, 0.29) is 17.8 Å². The number of aryl methyl sites for hydroxylation is 2. The van der Waals surface area contributed by atoms with Crippen molar-refractivity contribution in [3.8, 4) is 11.8 Å². The van der Waals surface area contributed by atoms with E-state index in [4.69, 9.17) is 0 Å². The number of carbonyl (C=O) groups excluding carboxylic acids is 1. The first-order valence-corrected chi connectivity index (χ1v) is 8.21. The van der Waals surface area contributed by atoms with Crippen LogP contribution in [0, 0.1) is 31.5 Å². The zero-order valence-corrected chi connectivity index (χ0v) is 14.2. The van der Waals surface area contributed by atoms with Crippen molar-refractivity contribution in [3.63, 3.8) is 0 Å². The molecular weight excluding hydrogens is 303 g/mol. The van der Waals surface area contributed by atoms with Crippen molar-refractivity contribution in [3.05, 3.63) is 40.8 Å². The fourth-order valence-electron chi connectivity index (χ4n) is 3.44. The third-order valence-electron chi connectivity index (χ3n) is 4.68. The van der Waals surface area contributed by atoms with Crippen LogP contribution in [-0.2, 0) is 4.79 Å². The van der Waals surface area contributed by atoms with Crippen LogP contribution < -0.4 is 5.32 Å². The molecule has 0 saturated heterocycles. The molecular formula is C20H21FN2O. The first-order chi connectivity index (χ1) is 11.5. The Morgan fingerprint density at radius 2 is 2.17 bits per heavy atom. The van der Waals surface area contributed by atoms with Gasteiger partial charge in [-0.25, -0.2) is 4.39 Å². The van der Waals surface area contributed by atoms with Gasteiger partial charge in [-0.2, -0.15) is 0 Å². The molecule has 3 rings (SSSR count). The maximum atomic E-state index is 14.6. The Bertz CT molecular complexity index is 896. The molecule has 24 heavy (non-hydrogen) atoms. The van der Waals surface area contributed by atoms with Crippen molar-refractivity contribution in [2.75, 3.05) is 0 Å². The number of amides is 1. The van der Waals surface area contributed by atoms with Crippen molar-refractivity contribution in [2.45, 2.75) is 46.1 Å². The summed E-state index contributed by atoms with van der Waals surface area (Å²) in [5, 5.41) is 3.87. The molecule has 0 radical (unpaired) electrons. The third-order valence-corrected chi connectivity index (χ3v) is 4.68. The number of hydrogen-bond acceptors (Lipinski definition) is 1. The maximum absolute atomic E-state index is 14.6. The van der Waals surface area contributed by atoms with Crippen LogP contribution >= 0.6 is 0 Å². The summed E-state index contributed by atoms with van der Waals surface area (Å²) in [6, 6.07) is 3.29. The molecule has 1 aromatic carbocycles. The molecule has 1 amide bonds. The van der Waals surface area contributed by atoms with E-state index in [1.54, 1.807) is 13.0 Å². The highest BCUT2D eigenvalue weighted by molar-refractivity contribution is 5.96. The molecule has 0 saturated carbocycles. The molecule has 4 heteroatoms. The van der Waals surface area contributed by atoms with Gasteiger partial charge in [0.15, 0.2) is 0 Å². The average molecular weight is 324 g/mol. The first kappa shape index (κ1) is 16.3. The summed E-state index contributed by atoms with van der Waals surface area (Å²) < 4.78 is 14.6. The molecule has 1 aliphatic rings. The standard InChI is InChI=1S/C20H21FN2O/c1-4-6-18(24)23-15-8-5-7-14(11-15)20-16(21)9-10-17-19(20)12(2)13(3)22-17/h7,9-10,15,22H,5,8,11H2,1-3H3,(H,23,24)/t15-/m0/s1. The minimum absolute atomic E-state index is 0.00616. The molecule has 124 valence electrons. The lowest BCUT2D eigenvalue weighted by atomic mass is 9.87. The number of rotatable bonds is 2. The molecule has 1 aliphatic carbocycles. The summed E-state index contributed by atoms with van der Waals surface area (Å²) in [6.45, 7) is 5.65. The lowest BCUT2D eigenvalue weighted by Gasteiger charge is -2.24. The van der Waals surface area contributed by atoms with Gasteiger partial charge < -0.3 is 10.3 Å². The van der Waals surface area contributed by atoms with Gasteiger partial charge in [-0.05, 0) is 69.2 Å². The smallest absolute Gasteiger partial charge is 0.296 e. The Labute approximate surface area is 141 Å². The average Bonchev–Trinajstić information content (AvgIpc) is 2.83. The number of aromatic nitrogens is 1. The van der Waals surface area contributed by atoms with E-state index in [0.717, 1.165) is 40.6 Å². The molecule has 2 aromatic rings. The molecule has 1 aromatic heterocycles. The van der Waals surface area contributed by atoms with E-state index in [1.807, 2.05) is 13.8 Å². The number of aromatic amines is 1. The summed E-state index contributed by atoms with van der Waals surface area (Å²) >= 11 is 0. The van der Waals surface area contributed by atoms with Gasteiger partial charge in [0.25, 0.3) is 5.91 Å². The minimum Gasteiger partial charge on any atom is -0.358 e. The van der Waals surface area contributed by atoms with Crippen LogP contribution in [0.25, 0.3) is 16.5 Å². The van der Waals surface area contributed by atoms with Crippen molar-refractivity contribution in [1.29, 1.82) is 0 Å². The number of fused-ring (bicyclic) bond motifs is 1. The zero-order chi connectivity index (χ0) is 17.3. The number of nitrogens with one attached hydrogen (secondary N) is 2. The van der Waals surface area contributed by atoms with Gasteiger partial charge in [-0.1, -0.05) is 12.0 Å². The van der Waals surface area contributed by atoms with Gasteiger partial charge in [-0.15, -0.1) is 0 Å². The van der Waals surface area contributed by atoms with Gasteiger partial charge >= 0.3 is 0 Å². The summed E-state index contributed by atoms with van der Waals surface area (Å²) in [7, 11) is 0. The Kier molecular flexibility index (Phi) is 4.44. The summed E-state index contributed by atoms with van der Waals surface area (Å²) in [6.07, 6.45) is 4.38. The molecule has 2 N–H and O–H groups in total. The fourth-order valence-corrected chi connectivity index (χ4v) is 3.44. The summed E-state index contributed by atoms with van der Waals surface area (Å²) in [5.41, 5.74) is 4.70. The van der Waals surface area contributed by atoms with E-state index in [9.17, 15) is 9.18 Å². The van der Waals surface area contributed by atoms with Crippen LogP contribution in [0.3, 0.4) is 0 Å². The molecule has 0 unspecified atom stereocenters. The quantitative estimate of drug-likeness (QED) is 0.806. The molecule has 3 nitrogen and oxygen atoms in total. The Morgan fingerprint density at radius 3 is 2.92 bits per heavy atom. The van der Waals surface area contributed by atoms with Crippen LogP contribution in [0.4, 0.5) is 4.39 Å². The monoisotopic (exact) mass is 324 g/mol. The molecule has 0 aliphatic heterocycles. The van der Waals surface area contributed by atoms with Crippen molar-refractivity contribution in [2.24, 2.45) is 0 Å². The van der Waals surface area contributed by atoms with E-state index in [0.29, 0.717) is 12.0 Å². The molecule has 1 atom stereocenters. The van der Waals surface area contributed by atoms with Gasteiger partial charge in [0.05, 0.1) is 0 Å². The Morgan fingerprint density at radius 1 is 1.38 bits per heavy atom. The van der Waals surface area contributed by atoms with Gasteiger partial charge in [0, 0.05) is 28.2 Å². The van der Waals surface area contributed by atoms with Crippen LogP contribution in [0.15, 0.2) is 18.2 Å². The second kappa shape index (κ2) is 6.52. The molecule has 1 heterocycles. The molecule has 0 spiro atoms. The highest BCUT2D eigenvalue weighted by Crippen LogP contribution is 2.36. The predicted molar refractivity (Wildman–Crippen MR) is 94.9 cm³/mol. The van der Waals surface area contributed by atoms with E-state index in [1.165, 1.54) is 6.07 Å². The van der Waals surface area contributed by atoms with Crippen LogP contribution in [0.2, 0.25) is 0 Å². The van der Waals surface area contributed by atoms with Crippen molar-refractivity contribution >= 4 is 22.4 Å². The highest BCUT2D eigenvalue weighted by atomic mass is 19.1. The number of carbonyl (C=O) groups is 1. The maximum Gasteiger partial charge on any atom is 0.296 e. The zero-order valence-electron chi connectivity index (χ0n) is 14.2. The largest absolute Gasteiger partial charge is 0.358 e. The normalized spacial score (nSPS) is 17.2. The van der Waals surface area contributed by atoms with Crippen LogP contribution in [0.1, 0.15) is 43.0 Å². The second-order valence-electron chi connectivity index (χ2n) is 6.28. The van der Waals surface area contributed by atoms with Crippen LogP contribution in [-0.4, -0.2) is 16.9 Å². The van der Waals surface area contributed by atoms with Gasteiger partial charge in [0.1, 0.15) is 5.82 Å². The Hall–Kier alpha value is -2.54. The Balaban J connectivity index is 1.98.